The van der Waals surface area contributed by atoms with E-state index in [1.807, 2.05) is 7.05 Å². The highest BCUT2D eigenvalue weighted by molar-refractivity contribution is 5.85. The molecule has 0 aliphatic carbocycles. The molecule has 0 spiro atoms. The summed E-state index contributed by atoms with van der Waals surface area (Å²) in [6.45, 7) is 3.76. The Morgan fingerprint density at radius 1 is 1.12 bits per heavy atom. The van der Waals surface area contributed by atoms with Crippen LogP contribution in [0.25, 0.3) is 0 Å². The van der Waals surface area contributed by atoms with Crippen molar-refractivity contribution in [2.45, 2.75) is 30.8 Å². The smallest absolute Gasteiger partial charge is 0.236 e. The number of likely N-dealkylation sites (tertiary alicyclic amines) is 1. The number of hydrogen-bond donors (Lipinski definition) is 1. The van der Waals surface area contributed by atoms with Gasteiger partial charge in [0.25, 0.3) is 0 Å². The molecule has 2 bridgehead atoms. The molecule has 1 aromatic rings. The molecule has 6 heteroatoms. The predicted octanol–water partition coefficient (Wildman–Crippen LogP) is 2.14. The van der Waals surface area contributed by atoms with Crippen LogP contribution in [0.15, 0.2) is 30.3 Å². The number of hydrogen-bond acceptors (Lipinski definition) is 3. The summed E-state index contributed by atoms with van der Waals surface area (Å²) < 4.78 is 0. The summed E-state index contributed by atoms with van der Waals surface area (Å²) in [5.74, 6) is 1.43. The van der Waals surface area contributed by atoms with Gasteiger partial charge in [-0.15, -0.1) is 24.8 Å². The fourth-order valence-electron chi connectivity index (χ4n) is 4.95. The molecule has 4 saturated heterocycles. The third-order valence-electron chi connectivity index (χ3n) is 5.87. The Labute approximate surface area is 156 Å². The van der Waals surface area contributed by atoms with Crippen LogP contribution in [0, 0.1) is 5.92 Å². The van der Waals surface area contributed by atoms with Crippen LogP contribution in [0.2, 0.25) is 0 Å². The van der Waals surface area contributed by atoms with Gasteiger partial charge in [0.05, 0.1) is 12.6 Å². The van der Waals surface area contributed by atoms with Gasteiger partial charge in [-0.05, 0) is 44.5 Å². The summed E-state index contributed by atoms with van der Waals surface area (Å²) in [4.78, 5) is 17.4. The van der Waals surface area contributed by atoms with E-state index in [9.17, 15) is 4.79 Å². The van der Waals surface area contributed by atoms with E-state index in [1.165, 1.54) is 31.5 Å². The lowest BCUT2D eigenvalue weighted by atomic mass is 9.75. The molecule has 1 amide bonds. The second-order valence-corrected chi connectivity index (χ2v) is 6.95. The minimum Gasteiger partial charge on any atom is -0.336 e. The van der Waals surface area contributed by atoms with Gasteiger partial charge in [0.1, 0.15) is 0 Å². The lowest BCUT2D eigenvalue weighted by Crippen LogP contribution is -2.61. The van der Waals surface area contributed by atoms with Gasteiger partial charge in [-0.2, -0.15) is 0 Å². The Balaban J connectivity index is 0.00000104. The molecule has 4 aliphatic rings. The Morgan fingerprint density at radius 3 is 2.42 bits per heavy atom. The van der Waals surface area contributed by atoms with Gasteiger partial charge in [0.2, 0.25) is 5.91 Å². The van der Waals surface area contributed by atoms with Crippen LogP contribution < -0.4 is 5.32 Å². The summed E-state index contributed by atoms with van der Waals surface area (Å²) in [5, 5.41) is 3.03. The zero-order valence-corrected chi connectivity index (χ0v) is 15.7. The van der Waals surface area contributed by atoms with Crippen molar-refractivity contribution in [1.29, 1.82) is 0 Å². The van der Waals surface area contributed by atoms with Crippen molar-refractivity contribution in [3.05, 3.63) is 35.9 Å². The zero-order valence-electron chi connectivity index (χ0n) is 14.1. The Hall–Kier alpha value is -0.810. The number of nitrogens with one attached hydrogen (secondary N) is 1. The summed E-state index contributed by atoms with van der Waals surface area (Å²) >= 11 is 0. The van der Waals surface area contributed by atoms with Gasteiger partial charge in [0, 0.05) is 18.5 Å². The molecule has 1 N–H and O–H groups in total. The van der Waals surface area contributed by atoms with E-state index < -0.39 is 0 Å². The van der Waals surface area contributed by atoms with Gasteiger partial charge < -0.3 is 10.2 Å². The van der Waals surface area contributed by atoms with E-state index in [1.54, 1.807) is 0 Å². The first kappa shape index (κ1) is 19.5. The van der Waals surface area contributed by atoms with E-state index in [4.69, 9.17) is 0 Å². The van der Waals surface area contributed by atoms with Crippen LogP contribution in [0.4, 0.5) is 0 Å². The number of likely N-dealkylation sites (N-methyl/N-ethyl adjacent to an activating group) is 1. The monoisotopic (exact) mass is 371 g/mol. The van der Waals surface area contributed by atoms with E-state index in [-0.39, 0.29) is 30.7 Å². The second kappa shape index (κ2) is 8.05. The highest BCUT2D eigenvalue weighted by Crippen LogP contribution is 2.46. The highest BCUT2D eigenvalue weighted by atomic mass is 35.5. The van der Waals surface area contributed by atoms with E-state index in [0.717, 1.165) is 6.54 Å². The van der Waals surface area contributed by atoms with Gasteiger partial charge in [-0.1, -0.05) is 30.3 Å². The molecule has 24 heavy (non-hydrogen) atoms. The van der Waals surface area contributed by atoms with Crippen molar-refractivity contribution in [2.75, 3.05) is 33.2 Å². The van der Waals surface area contributed by atoms with Crippen molar-refractivity contribution in [3.63, 3.8) is 0 Å². The first-order chi connectivity index (χ1) is 10.8. The average Bonchev–Trinajstić information content (AvgIpc) is 3.00. The lowest BCUT2D eigenvalue weighted by molar-refractivity contribution is -0.134. The van der Waals surface area contributed by atoms with Crippen molar-refractivity contribution in [3.8, 4) is 0 Å². The van der Waals surface area contributed by atoms with Crippen molar-refractivity contribution in [2.24, 2.45) is 5.92 Å². The number of piperidine rings is 3. The van der Waals surface area contributed by atoms with Gasteiger partial charge >= 0.3 is 0 Å². The number of nitrogens with zero attached hydrogens (tertiary/aromatic N) is 2. The number of rotatable bonds is 3. The number of fused-ring (bicyclic) bond motifs is 2. The molecule has 4 aliphatic heterocycles. The molecule has 5 rings (SSSR count). The number of carbonyl (C=O) groups is 1. The van der Waals surface area contributed by atoms with Crippen LogP contribution in [-0.2, 0) is 4.79 Å². The number of carbonyl (C=O) groups excluding carboxylic acids is 1. The minimum atomic E-state index is 0. The van der Waals surface area contributed by atoms with Gasteiger partial charge in [0.15, 0.2) is 0 Å². The number of amides is 1. The summed E-state index contributed by atoms with van der Waals surface area (Å²) in [6, 6.07) is 11.7. The molecular formula is C18H27Cl2N3O. The van der Waals surface area contributed by atoms with Crippen molar-refractivity contribution >= 4 is 30.7 Å². The standard InChI is InChI=1S/C18H25N3O.2ClH/c1-19-11-16(22)21-12-15(13-5-3-2-4-6-13)18-17(21)14-7-9-20(18)10-8-14;;/h2-6,14-15,17-19H,7-12H2,1H3;2*1H/t15-,17-,18-;;/m1../s1. The third kappa shape index (κ3) is 3.17. The maximum atomic E-state index is 12.6. The molecule has 4 fully saturated rings. The fourth-order valence-corrected chi connectivity index (χ4v) is 4.95. The summed E-state index contributed by atoms with van der Waals surface area (Å²) in [5.41, 5.74) is 1.39. The molecule has 1 aromatic carbocycles. The van der Waals surface area contributed by atoms with E-state index in [2.05, 4.69) is 45.4 Å². The Kier molecular flexibility index (Phi) is 6.54. The fraction of sp³-hybridized carbons (Fsp3) is 0.611. The molecule has 0 saturated carbocycles. The third-order valence-corrected chi connectivity index (χ3v) is 5.87. The molecule has 0 radical (unpaired) electrons. The molecule has 4 nitrogen and oxygen atoms in total. The first-order valence-corrected chi connectivity index (χ1v) is 8.52. The van der Waals surface area contributed by atoms with Crippen LogP contribution in [0.3, 0.4) is 0 Å². The van der Waals surface area contributed by atoms with Crippen LogP contribution in [0.5, 0.6) is 0 Å². The maximum absolute atomic E-state index is 12.6. The quantitative estimate of drug-likeness (QED) is 0.883. The average molecular weight is 372 g/mol. The summed E-state index contributed by atoms with van der Waals surface area (Å²) in [6.07, 6.45) is 2.51. The molecular weight excluding hydrogens is 345 g/mol. The van der Waals surface area contributed by atoms with Gasteiger partial charge in [-0.25, -0.2) is 0 Å². The first-order valence-electron chi connectivity index (χ1n) is 8.52. The highest BCUT2D eigenvalue weighted by Gasteiger charge is 2.54. The summed E-state index contributed by atoms with van der Waals surface area (Å²) in [7, 11) is 1.86. The Bertz CT molecular complexity index is 548. The van der Waals surface area contributed by atoms with Crippen LogP contribution in [0.1, 0.15) is 24.3 Å². The zero-order chi connectivity index (χ0) is 15.1. The number of halogens is 2. The molecule has 0 unspecified atom stereocenters. The largest absolute Gasteiger partial charge is 0.336 e. The predicted molar refractivity (Wildman–Crippen MR) is 101 cm³/mol. The molecule has 0 aromatic heterocycles. The van der Waals surface area contributed by atoms with E-state index >= 15 is 0 Å². The molecule has 4 heterocycles. The normalized spacial score (nSPS) is 33.4. The van der Waals surface area contributed by atoms with Crippen LogP contribution >= 0.6 is 24.8 Å². The van der Waals surface area contributed by atoms with Crippen LogP contribution in [-0.4, -0.2) is 61.0 Å². The van der Waals surface area contributed by atoms with Crippen molar-refractivity contribution < 1.29 is 4.79 Å². The van der Waals surface area contributed by atoms with E-state index in [0.29, 0.717) is 30.5 Å². The molecule has 3 atom stereocenters. The minimum absolute atomic E-state index is 0. The topological polar surface area (TPSA) is 35.6 Å². The Morgan fingerprint density at radius 2 is 1.79 bits per heavy atom. The maximum Gasteiger partial charge on any atom is 0.236 e. The lowest BCUT2D eigenvalue weighted by Gasteiger charge is -2.51. The number of benzene rings is 1. The van der Waals surface area contributed by atoms with Gasteiger partial charge in [-0.3, -0.25) is 9.69 Å². The second-order valence-electron chi connectivity index (χ2n) is 6.95. The SMILES string of the molecule is CNCC(=O)N1C[C@H](c2ccccc2)[C@@H]2[C@H]1C1CCN2CC1.Cl.Cl. The van der Waals surface area contributed by atoms with Crippen molar-refractivity contribution in [1.82, 2.24) is 15.1 Å². The molecule has 134 valence electrons.